The van der Waals surface area contributed by atoms with Gasteiger partial charge in [-0.1, -0.05) is 11.6 Å². The maximum Gasteiger partial charge on any atom is 0.280 e. The van der Waals surface area contributed by atoms with Crippen LogP contribution in [0.3, 0.4) is 0 Å². The summed E-state index contributed by atoms with van der Waals surface area (Å²) in [5.41, 5.74) is 2.35. The third kappa shape index (κ3) is 5.67. The normalized spacial score (nSPS) is 20.1. The van der Waals surface area contributed by atoms with E-state index in [4.69, 9.17) is 11.6 Å². The molecule has 34 heavy (non-hydrogen) atoms. The topological polar surface area (TPSA) is 102 Å². The molecule has 2 amide bonds. The maximum atomic E-state index is 12.9. The number of hydrogen-bond acceptors (Lipinski definition) is 6. The Morgan fingerprint density at radius 3 is 2.79 bits per heavy atom. The van der Waals surface area contributed by atoms with Crippen molar-refractivity contribution in [2.75, 3.05) is 26.7 Å². The van der Waals surface area contributed by atoms with Gasteiger partial charge >= 0.3 is 0 Å². The van der Waals surface area contributed by atoms with E-state index < -0.39 is 0 Å². The number of carbonyl (C=O) groups is 2. The van der Waals surface area contributed by atoms with Gasteiger partial charge in [0.2, 0.25) is 0 Å². The van der Waals surface area contributed by atoms with Gasteiger partial charge in [-0.2, -0.15) is 0 Å². The number of fused-ring (bicyclic) bond motifs is 2. The number of hydrogen-bond donors (Lipinski definition) is 4. The van der Waals surface area contributed by atoms with Crippen LogP contribution in [0.5, 0.6) is 0 Å². The van der Waals surface area contributed by atoms with Crippen molar-refractivity contribution in [3.05, 3.63) is 50.6 Å². The number of piperidine rings is 1. The second-order valence-corrected chi connectivity index (χ2v) is 9.96. The van der Waals surface area contributed by atoms with Crippen LogP contribution in [0.1, 0.15) is 37.3 Å². The van der Waals surface area contributed by atoms with Gasteiger partial charge in [0.15, 0.2) is 5.01 Å². The van der Waals surface area contributed by atoms with Gasteiger partial charge in [-0.3, -0.25) is 9.59 Å². The molecule has 2 atom stereocenters. The smallest absolute Gasteiger partial charge is 0.280 e. The molecule has 12 heteroatoms. The summed E-state index contributed by atoms with van der Waals surface area (Å²) in [5.74, 6) is -0.378. The highest BCUT2D eigenvalue weighted by molar-refractivity contribution is 7.13. The van der Waals surface area contributed by atoms with Crippen LogP contribution in [-0.2, 0) is 13.0 Å². The Bertz CT molecular complexity index is 1180. The summed E-state index contributed by atoms with van der Waals surface area (Å²) >= 11 is 7.52. The standard InChI is InChI=1S/C22H25ClN6O2S.2ClH/c1-29-7-5-16-19(11-29)32-22(28-16)21(31)26-15-4-6-24-10-18(15)27-20(30)17-9-12-8-13(23)2-3-14(12)25-17;;/h2-3,8-9,15,18,24-25H,4-7,10-11H2,1H3,(H,26,31)(H,27,30);2*1H/t15-,18+;;/m0../s1. The average Bonchev–Trinajstić information content (AvgIpc) is 3.38. The molecular formula is C22H27Cl3N6O2S. The third-order valence-electron chi connectivity index (χ3n) is 6.06. The van der Waals surface area contributed by atoms with E-state index >= 15 is 0 Å². The minimum Gasteiger partial charge on any atom is -0.351 e. The van der Waals surface area contributed by atoms with Gasteiger partial charge in [-0.15, -0.1) is 36.2 Å². The minimum absolute atomic E-state index is 0. The van der Waals surface area contributed by atoms with Crippen molar-refractivity contribution < 1.29 is 9.59 Å². The van der Waals surface area contributed by atoms with Crippen LogP contribution in [0.25, 0.3) is 10.9 Å². The number of benzene rings is 1. The van der Waals surface area contributed by atoms with Crippen molar-refractivity contribution in [3.8, 4) is 0 Å². The molecule has 4 N–H and O–H groups in total. The van der Waals surface area contributed by atoms with E-state index in [2.05, 4.69) is 37.9 Å². The lowest BCUT2D eigenvalue weighted by atomic mass is 10.0. The second kappa shape index (κ2) is 11.2. The lowest BCUT2D eigenvalue weighted by Crippen LogP contribution is -2.59. The van der Waals surface area contributed by atoms with Crippen molar-refractivity contribution in [1.29, 1.82) is 0 Å². The summed E-state index contributed by atoms with van der Waals surface area (Å²) in [6.07, 6.45) is 1.60. The molecule has 8 nitrogen and oxygen atoms in total. The van der Waals surface area contributed by atoms with Crippen molar-refractivity contribution in [2.45, 2.75) is 31.5 Å². The molecule has 5 rings (SSSR count). The Morgan fingerprint density at radius 1 is 1.18 bits per heavy atom. The van der Waals surface area contributed by atoms with Gasteiger partial charge in [0.1, 0.15) is 5.69 Å². The summed E-state index contributed by atoms with van der Waals surface area (Å²) in [6, 6.07) is 6.85. The summed E-state index contributed by atoms with van der Waals surface area (Å²) in [6.45, 7) is 3.16. The number of rotatable bonds is 4. The van der Waals surface area contributed by atoms with Crippen molar-refractivity contribution in [3.63, 3.8) is 0 Å². The zero-order valence-corrected chi connectivity index (χ0v) is 21.7. The average molecular weight is 546 g/mol. The fourth-order valence-electron chi connectivity index (χ4n) is 4.31. The summed E-state index contributed by atoms with van der Waals surface area (Å²) in [7, 11) is 2.08. The number of thiazole rings is 1. The van der Waals surface area contributed by atoms with E-state index in [1.54, 1.807) is 12.1 Å². The zero-order chi connectivity index (χ0) is 22.2. The maximum absolute atomic E-state index is 12.9. The first kappa shape index (κ1) is 26.7. The van der Waals surface area contributed by atoms with Crippen LogP contribution >= 0.6 is 47.8 Å². The van der Waals surface area contributed by atoms with E-state index in [-0.39, 0.29) is 48.7 Å². The van der Waals surface area contributed by atoms with Crippen LogP contribution in [0.2, 0.25) is 5.02 Å². The minimum atomic E-state index is -0.226. The van der Waals surface area contributed by atoms with Gasteiger partial charge in [-0.05, 0) is 44.3 Å². The predicted molar refractivity (Wildman–Crippen MR) is 140 cm³/mol. The van der Waals surface area contributed by atoms with E-state index in [0.29, 0.717) is 22.3 Å². The number of likely N-dealkylation sites (N-methyl/N-ethyl adjacent to an activating group) is 1. The van der Waals surface area contributed by atoms with Crippen LogP contribution in [0.15, 0.2) is 24.3 Å². The number of amides is 2. The fourth-order valence-corrected chi connectivity index (χ4v) is 5.58. The van der Waals surface area contributed by atoms with Crippen LogP contribution in [-0.4, -0.2) is 65.4 Å². The molecule has 0 bridgehead atoms. The van der Waals surface area contributed by atoms with Crippen molar-refractivity contribution >= 4 is 70.5 Å². The molecule has 0 radical (unpaired) electrons. The van der Waals surface area contributed by atoms with E-state index in [0.717, 1.165) is 53.9 Å². The summed E-state index contributed by atoms with van der Waals surface area (Å²) in [4.78, 5) is 36.9. The van der Waals surface area contributed by atoms with Gasteiger partial charge in [-0.25, -0.2) is 4.98 Å². The molecule has 1 fully saturated rings. The van der Waals surface area contributed by atoms with Crippen molar-refractivity contribution in [1.82, 2.24) is 30.8 Å². The van der Waals surface area contributed by atoms with Gasteiger partial charge in [0, 0.05) is 46.9 Å². The van der Waals surface area contributed by atoms with Crippen LogP contribution in [0, 0.1) is 0 Å². The number of nitrogens with zero attached hydrogens (tertiary/aromatic N) is 2. The van der Waals surface area contributed by atoms with Crippen LogP contribution < -0.4 is 16.0 Å². The molecule has 2 aliphatic heterocycles. The Kier molecular flexibility index (Phi) is 8.83. The van der Waals surface area contributed by atoms with Crippen molar-refractivity contribution in [2.24, 2.45) is 0 Å². The molecule has 0 aliphatic carbocycles. The number of nitrogens with one attached hydrogen (secondary N) is 4. The molecule has 2 aromatic heterocycles. The SMILES string of the molecule is CN1CCc2nc(C(=O)N[C@H]3CCNC[C@H]3NC(=O)c3cc4cc(Cl)ccc4[nH]3)sc2C1.Cl.Cl. The lowest BCUT2D eigenvalue weighted by Gasteiger charge is -2.33. The first-order chi connectivity index (χ1) is 15.5. The molecule has 4 heterocycles. The largest absolute Gasteiger partial charge is 0.351 e. The fraction of sp³-hybridized carbons (Fsp3) is 0.409. The molecule has 2 aliphatic rings. The molecule has 3 aromatic rings. The highest BCUT2D eigenvalue weighted by Gasteiger charge is 2.30. The number of carbonyl (C=O) groups excluding carboxylic acids is 2. The molecule has 0 spiro atoms. The third-order valence-corrected chi connectivity index (χ3v) is 7.38. The number of aromatic amines is 1. The Labute approximate surface area is 219 Å². The number of aromatic nitrogens is 2. The van der Waals surface area contributed by atoms with Gasteiger partial charge in [0.25, 0.3) is 11.8 Å². The van der Waals surface area contributed by atoms with E-state index in [1.165, 1.54) is 11.3 Å². The Balaban J connectivity index is 0.00000162. The van der Waals surface area contributed by atoms with Gasteiger partial charge in [0.05, 0.1) is 17.8 Å². The summed E-state index contributed by atoms with van der Waals surface area (Å²) in [5, 5.41) is 11.5. The van der Waals surface area contributed by atoms with E-state index in [9.17, 15) is 9.59 Å². The monoisotopic (exact) mass is 544 g/mol. The number of halogens is 3. The Hall–Kier alpha value is -1.88. The lowest BCUT2D eigenvalue weighted by molar-refractivity contribution is 0.0866. The quantitative estimate of drug-likeness (QED) is 0.404. The molecule has 1 aromatic carbocycles. The highest BCUT2D eigenvalue weighted by Crippen LogP contribution is 2.25. The summed E-state index contributed by atoms with van der Waals surface area (Å²) < 4.78 is 0. The molecule has 1 saturated heterocycles. The Morgan fingerprint density at radius 2 is 1.97 bits per heavy atom. The van der Waals surface area contributed by atoms with Crippen LogP contribution in [0.4, 0.5) is 0 Å². The first-order valence-corrected chi connectivity index (χ1v) is 11.9. The highest BCUT2D eigenvalue weighted by atomic mass is 35.5. The van der Waals surface area contributed by atoms with Gasteiger partial charge < -0.3 is 25.8 Å². The zero-order valence-electron chi connectivity index (χ0n) is 18.5. The molecule has 0 unspecified atom stereocenters. The number of H-pyrrole nitrogens is 1. The first-order valence-electron chi connectivity index (χ1n) is 10.7. The van der Waals surface area contributed by atoms with E-state index in [1.807, 2.05) is 12.1 Å². The molecule has 184 valence electrons. The molecule has 0 saturated carbocycles. The molecular weight excluding hydrogens is 519 g/mol. The predicted octanol–water partition coefficient (Wildman–Crippen LogP) is 3.00. The second-order valence-electron chi connectivity index (χ2n) is 8.44.